The Labute approximate surface area is 77.4 Å². The SMILES string of the molecule is B#[SH]=B\B=B/B=B\B=B/B=B. The fourth-order valence-corrected chi connectivity index (χ4v) is 0.633. The van der Waals surface area contributed by atoms with E-state index in [0.29, 0.717) is 0 Å². The van der Waals surface area contributed by atoms with Crippen molar-refractivity contribution in [2.24, 2.45) is 0 Å². The van der Waals surface area contributed by atoms with Gasteiger partial charge in [0, 0.05) is 0 Å². The van der Waals surface area contributed by atoms with Crippen molar-refractivity contribution in [3.8, 4) is 0 Å². The number of hydrogen-bond donors (Lipinski definition) is 1. The Morgan fingerprint density at radius 3 is 2.00 bits per heavy atom. The Morgan fingerprint density at radius 1 is 0.909 bits per heavy atom. The maximum atomic E-state index is 5.21. The van der Waals surface area contributed by atoms with E-state index in [1.165, 1.54) is 0 Å². The van der Waals surface area contributed by atoms with Crippen molar-refractivity contribution in [2.75, 3.05) is 0 Å². The van der Waals surface area contributed by atoms with Crippen molar-refractivity contribution in [3.63, 3.8) is 0 Å². The molecule has 0 spiro atoms. The molecule has 0 saturated carbocycles. The molecule has 0 N–H and O–H groups in total. The predicted molar refractivity (Wildman–Crippen MR) is 67.9 cm³/mol. The van der Waals surface area contributed by atoms with Crippen LogP contribution in [0.25, 0.3) is 0 Å². The van der Waals surface area contributed by atoms with E-state index in [9.17, 15) is 0 Å². The van der Waals surface area contributed by atoms with Gasteiger partial charge in [0.05, 0.1) is 0 Å². The van der Waals surface area contributed by atoms with Crippen LogP contribution in [-0.4, -0.2) is 66.8 Å². The molecule has 0 aliphatic heterocycles. The molecular weight excluding hydrogens is 140 g/mol. The van der Waals surface area contributed by atoms with Gasteiger partial charge in [0.2, 0.25) is 0 Å². The summed E-state index contributed by atoms with van der Waals surface area (Å²) in [6, 6.07) is 1.86. The molecule has 0 rings (SSSR count). The van der Waals surface area contributed by atoms with Crippen molar-refractivity contribution >= 4 is 77.2 Å². The van der Waals surface area contributed by atoms with Crippen molar-refractivity contribution < 1.29 is 0 Å². The summed E-state index contributed by atoms with van der Waals surface area (Å²) in [5, 5.41) is 0. The van der Waals surface area contributed by atoms with Gasteiger partial charge < -0.3 is 0 Å². The van der Waals surface area contributed by atoms with E-state index in [0.717, 1.165) is 10.4 Å². The van der Waals surface area contributed by atoms with Crippen molar-refractivity contribution in [3.05, 3.63) is 0 Å². The van der Waals surface area contributed by atoms with Crippen LogP contribution in [0.5, 0.6) is 0 Å². The monoisotopic (exact) mass is 144 g/mol. The van der Waals surface area contributed by atoms with Gasteiger partial charge in [0.25, 0.3) is 0 Å². The van der Waals surface area contributed by atoms with Crippen molar-refractivity contribution in [1.82, 2.24) is 0 Å². The predicted octanol–water partition coefficient (Wildman–Crippen LogP) is -3.70. The van der Waals surface area contributed by atoms with Crippen LogP contribution in [0.15, 0.2) is 0 Å². The van der Waals surface area contributed by atoms with E-state index in [4.69, 9.17) is 6.53 Å². The van der Waals surface area contributed by atoms with E-state index in [1.807, 2.05) is 46.2 Å². The van der Waals surface area contributed by atoms with Crippen LogP contribution in [0.2, 0.25) is 0 Å². The summed E-state index contributed by atoms with van der Waals surface area (Å²) >= 11 is 0. The quantitative estimate of drug-likeness (QED) is 0.303. The minimum absolute atomic E-state index is 0.790. The molecule has 38 valence electrons. The van der Waals surface area contributed by atoms with Gasteiger partial charge >= 0.3 is 77.2 Å². The van der Waals surface area contributed by atoms with Gasteiger partial charge in [-0.1, -0.05) is 0 Å². The van der Waals surface area contributed by atoms with Crippen LogP contribution in [-0.2, 0) is 0 Å². The molecule has 0 radical (unpaired) electrons. The topological polar surface area (TPSA) is 0 Å². The van der Waals surface area contributed by atoms with Gasteiger partial charge in [-0.3, -0.25) is 0 Å². The third kappa shape index (κ3) is 10.9. The molecule has 0 amide bonds. The Balaban J connectivity index is 3.70. The standard InChI is InChI=1S/B10H2S/c1-3-4-5-6-7-8-9-10-11-2/h1,11H. The van der Waals surface area contributed by atoms with Crippen LogP contribution >= 0.6 is 10.4 Å². The molecule has 0 aliphatic carbocycles. The molecule has 0 nitrogen and oxygen atoms in total. The van der Waals surface area contributed by atoms with E-state index in [2.05, 4.69) is 7.37 Å². The molecule has 0 aromatic heterocycles. The summed E-state index contributed by atoms with van der Waals surface area (Å²) in [7, 11) is 4.34. The summed E-state index contributed by atoms with van der Waals surface area (Å²) in [5.74, 6) is 0. The molecule has 0 bridgehead atoms. The zero-order valence-corrected chi connectivity index (χ0v) is 7.24. The number of rotatable bonds is 4. The van der Waals surface area contributed by atoms with Gasteiger partial charge in [-0.2, -0.15) is 0 Å². The molecule has 0 aliphatic rings. The summed E-state index contributed by atoms with van der Waals surface area (Å²) in [6.07, 6.45) is 0. The van der Waals surface area contributed by atoms with Gasteiger partial charge in [-0.05, 0) is 0 Å². The van der Waals surface area contributed by atoms with Crippen molar-refractivity contribution in [1.29, 1.82) is 0 Å². The van der Waals surface area contributed by atoms with E-state index in [1.54, 1.807) is 6.69 Å². The summed E-state index contributed by atoms with van der Waals surface area (Å²) in [6.45, 7) is 18.4. The number of hydrogen-bond acceptors (Lipinski definition) is 0. The third-order valence-electron chi connectivity index (χ3n) is 0.864. The van der Waals surface area contributed by atoms with Crippen LogP contribution in [0, 0.1) is 0 Å². The molecule has 11 heavy (non-hydrogen) atoms. The normalized spacial score (nSPS) is 6.27. The van der Waals surface area contributed by atoms with Crippen LogP contribution in [0.3, 0.4) is 0 Å². The first-order valence-electron chi connectivity index (χ1n) is 3.26. The second-order valence-electron chi connectivity index (χ2n) is 1.69. The Bertz CT molecular complexity index is 263. The first kappa shape index (κ1) is 11.9. The number of thiol groups is 1. The Kier molecular flexibility index (Phi) is 11.7. The average Bonchev–Trinajstić information content (AvgIpc) is 2.03. The molecule has 0 fully saturated rings. The fraction of sp³-hybridized carbons (Fsp3) is 0. The van der Waals surface area contributed by atoms with E-state index in [-0.39, 0.29) is 0 Å². The second kappa shape index (κ2) is 10.9. The molecule has 0 aromatic rings. The molecule has 11 heteroatoms. The Hall–Kier alpha value is 0.869. The fourth-order valence-electron chi connectivity index (χ4n) is 0.435. The molecule has 0 heterocycles. The zero-order chi connectivity index (χ0) is 8.36. The Morgan fingerprint density at radius 2 is 1.45 bits per heavy atom. The second-order valence-corrected chi connectivity index (χ2v) is 2.28. The molecule has 0 aromatic carbocycles. The van der Waals surface area contributed by atoms with E-state index >= 15 is 0 Å². The summed E-state index contributed by atoms with van der Waals surface area (Å²) in [5.41, 5.74) is 0. The van der Waals surface area contributed by atoms with E-state index < -0.39 is 0 Å². The van der Waals surface area contributed by atoms with Crippen LogP contribution in [0.4, 0.5) is 0 Å². The molecule has 0 saturated heterocycles. The van der Waals surface area contributed by atoms with Crippen LogP contribution < -0.4 is 0 Å². The first-order chi connectivity index (χ1) is 5.41. The van der Waals surface area contributed by atoms with Crippen molar-refractivity contribution in [2.45, 2.75) is 0 Å². The first-order valence-corrected chi connectivity index (χ1v) is 4.29. The summed E-state index contributed by atoms with van der Waals surface area (Å²) in [4.78, 5) is 0. The van der Waals surface area contributed by atoms with Gasteiger partial charge in [-0.15, -0.1) is 0 Å². The van der Waals surface area contributed by atoms with Crippen LogP contribution in [0.1, 0.15) is 0 Å². The molecule has 0 unspecified atom stereocenters. The molecule has 0 atom stereocenters. The van der Waals surface area contributed by atoms with Gasteiger partial charge in [0.1, 0.15) is 0 Å². The maximum absolute atomic E-state index is 5.21. The van der Waals surface area contributed by atoms with Gasteiger partial charge in [0.15, 0.2) is 0 Å². The zero-order valence-electron chi connectivity index (χ0n) is 6.35. The molecular formula is H2B10S. The average molecular weight is 142 g/mol. The van der Waals surface area contributed by atoms with Gasteiger partial charge in [-0.25, -0.2) is 0 Å². The third-order valence-corrected chi connectivity index (χ3v) is 1.21. The minimum atomic E-state index is 0.790. The summed E-state index contributed by atoms with van der Waals surface area (Å²) < 4.78 is 0.